The zero-order chi connectivity index (χ0) is 24.8. The molecule has 8 nitrogen and oxygen atoms in total. The van der Waals surface area contributed by atoms with Crippen LogP contribution in [0.5, 0.6) is 0 Å². The first-order valence-corrected chi connectivity index (χ1v) is 10.8. The summed E-state index contributed by atoms with van der Waals surface area (Å²) in [4.78, 5) is 48.6. The third-order valence-corrected chi connectivity index (χ3v) is 4.93. The van der Waals surface area contributed by atoms with E-state index in [1.54, 1.807) is 39.0 Å². The molecule has 2 aromatic carbocycles. The molecule has 0 aliphatic rings. The van der Waals surface area contributed by atoms with Crippen LogP contribution in [0.3, 0.4) is 0 Å². The number of carboxylic acids is 1. The van der Waals surface area contributed by atoms with Gasteiger partial charge in [-0.3, -0.25) is 14.4 Å². The van der Waals surface area contributed by atoms with E-state index >= 15 is 4.39 Å². The number of aliphatic carboxylic acids is 1. The molecule has 0 heterocycles. The fourth-order valence-electron chi connectivity index (χ4n) is 2.80. The number of hydrogen-bond acceptors (Lipinski definition) is 5. The van der Waals surface area contributed by atoms with Crippen molar-refractivity contribution >= 4 is 45.4 Å². The molecule has 1 unspecified atom stereocenters. The lowest BCUT2D eigenvalue weighted by molar-refractivity contribution is -0.137. The van der Waals surface area contributed by atoms with E-state index in [0.717, 1.165) is 0 Å². The smallest absolute Gasteiger partial charge is 0.408 e. The average Bonchev–Trinajstić information content (AvgIpc) is 2.72. The van der Waals surface area contributed by atoms with Gasteiger partial charge in [0, 0.05) is 16.5 Å². The molecule has 0 aliphatic heterocycles. The van der Waals surface area contributed by atoms with Gasteiger partial charge in [0.05, 0.1) is 11.3 Å². The number of carboxylic acid groups (broad SMARTS) is 1. The van der Waals surface area contributed by atoms with Gasteiger partial charge in [0.1, 0.15) is 11.6 Å². The highest BCUT2D eigenvalue weighted by atomic mass is 79.9. The van der Waals surface area contributed by atoms with Gasteiger partial charge in [-0.25, -0.2) is 9.18 Å². The molecule has 0 aliphatic carbocycles. The topological polar surface area (TPSA) is 122 Å². The second-order valence-corrected chi connectivity index (χ2v) is 8.95. The van der Waals surface area contributed by atoms with Crippen LogP contribution in [-0.2, 0) is 14.3 Å². The van der Waals surface area contributed by atoms with Crippen molar-refractivity contribution in [2.75, 3.05) is 5.32 Å². The van der Waals surface area contributed by atoms with Crippen LogP contribution in [0.1, 0.15) is 49.5 Å². The molecule has 1 atom stereocenters. The predicted octanol–water partition coefficient (Wildman–Crippen LogP) is 4.52. The van der Waals surface area contributed by atoms with Crippen LogP contribution in [0.25, 0.3) is 0 Å². The van der Waals surface area contributed by atoms with E-state index in [1.807, 2.05) is 0 Å². The van der Waals surface area contributed by atoms with Crippen molar-refractivity contribution in [1.82, 2.24) is 5.32 Å². The second-order valence-electron chi connectivity index (χ2n) is 8.10. The minimum Gasteiger partial charge on any atom is -0.481 e. The van der Waals surface area contributed by atoms with Crippen molar-refractivity contribution in [1.29, 1.82) is 0 Å². The van der Waals surface area contributed by atoms with Crippen molar-refractivity contribution in [3.63, 3.8) is 0 Å². The number of halogens is 2. The van der Waals surface area contributed by atoms with Crippen LogP contribution in [0.2, 0.25) is 0 Å². The van der Waals surface area contributed by atoms with Crippen LogP contribution in [0.15, 0.2) is 46.9 Å². The van der Waals surface area contributed by atoms with Gasteiger partial charge in [-0.05, 0) is 55.3 Å². The fourth-order valence-corrected chi connectivity index (χ4v) is 3.28. The fraction of sp³-hybridized carbons (Fsp3) is 0.304. The molecular formula is C23H24BrFN2O6. The van der Waals surface area contributed by atoms with Gasteiger partial charge < -0.3 is 20.5 Å². The Morgan fingerprint density at radius 3 is 2.30 bits per heavy atom. The summed E-state index contributed by atoms with van der Waals surface area (Å²) in [6, 6.07) is 9.40. The van der Waals surface area contributed by atoms with Gasteiger partial charge in [-0.2, -0.15) is 0 Å². The van der Waals surface area contributed by atoms with Crippen molar-refractivity contribution in [2.24, 2.45) is 0 Å². The van der Waals surface area contributed by atoms with E-state index in [4.69, 9.17) is 9.84 Å². The van der Waals surface area contributed by atoms with E-state index in [0.29, 0.717) is 0 Å². The molecule has 0 fully saturated rings. The molecule has 2 rings (SSSR count). The number of carbonyl (C=O) groups excluding carboxylic acids is 3. The van der Waals surface area contributed by atoms with Crippen LogP contribution < -0.4 is 10.6 Å². The SMILES string of the molecule is CC(C)(C)OC(=O)NC(CCC(=O)O)C(=O)Nc1ccc(Br)c(C(=O)c2ccccc2)c1F. The summed E-state index contributed by atoms with van der Waals surface area (Å²) in [5.41, 5.74) is -1.16. The Morgan fingerprint density at radius 2 is 1.73 bits per heavy atom. The van der Waals surface area contributed by atoms with Crippen molar-refractivity contribution in [3.05, 3.63) is 63.9 Å². The lowest BCUT2D eigenvalue weighted by atomic mass is 10.0. The normalized spacial score (nSPS) is 11.9. The Labute approximate surface area is 198 Å². The minimum atomic E-state index is -1.31. The molecule has 0 radical (unpaired) electrons. The number of benzene rings is 2. The number of hydrogen-bond donors (Lipinski definition) is 3. The first-order chi connectivity index (χ1) is 15.4. The number of rotatable bonds is 8. The first-order valence-electron chi connectivity index (χ1n) is 9.99. The maximum atomic E-state index is 15.2. The lowest BCUT2D eigenvalue weighted by Gasteiger charge is -2.23. The summed E-state index contributed by atoms with van der Waals surface area (Å²) in [5, 5.41) is 13.6. The molecule has 2 amide bonds. The maximum absolute atomic E-state index is 15.2. The van der Waals surface area contributed by atoms with Gasteiger partial charge in [0.25, 0.3) is 0 Å². The molecule has 2 aromatic rings. The predicted molar refractivity (Wildman–Crippen MR) is 123 cm³/mol. The Kier molecular flexibility index (Phi) is 8.69. The summed E-state index contributed by atoms with van der Waals surface area (Å²) in [5.74, 6) is -3.60. The van der Waals surface area contributed by atoms with Crippen LogP contribution in [-0.4, -0.2) is 40.5 Å². The highest BCUT2D eigenvalue weighted by molar-refractivity contribution is 9.10. The first kappa shape index (κ1) is 26.0. The van der Waals surface area contributed by atoms with Crippen molar-refractivity contribution < 1.29 is 33.4 Å². The minimum absolute atomic E-state index is 0.196. The Balaban J connectivity index is 2.28. The highest BCUT2D eigenvalue weighted by Crippen LogP contribution is 2.28. The molecule has 3 N–H and O–H groups in total. The molecule has 0 saturated carbocycles. The molecule has 176 valence electrons. The zero-order valence-electron chi connectivity index (χ0n) is 18.3. The van der Waals surface area contributed by atoms with Crippen LogP contribution >= 0.6 is 15.9 Å². The van der Waals surface area contributed by atoms with Crippen LogP contribution in [0, 0.1) is 5.82 Å². The number of ketones is 1. The second kappa shape index (κ2) is 11.0. The lowest BCUT2D eigenvalue weighted by Crippen LogP contribution is -2.46. The third kappa shape index (κ3) is 7.67. The van der Waals surface area contributed by atoms with Gasteiger partial charge >= 0.3 is 12.1 Å². The van der Waals surface area contributed by atoms with Crippen molar-refractivity contribution in [3.8, 4) is 0 Å². The van der Waals surface area contributed by atoms with Gasteiger partial charge in [0.2, 0.25) is 5.91 Å². The number of alkyl carbamates (subject to hydrolysis) is 1. The standard InChI is InChI=1S/C23H24BrFN2O6/c1-23(2,3)33-22(32)27-16(11-12-17(28)29)21(31)26-15-10-9-14(24)18(19(15)25)20(30)13-7-5-4-6-8-13/h4-10,16H,11-12H2,1-3H3,(H,26,31)(H,27,32)(H,28,29). The highest BCUT2D eigenvalue weighted by Gasteiger charge is 2.27. The largest absolute Gasteiger partial charge is 0.481 e. The maximum Gasteiger partial charge on any atom is 0.408 e. The van der Waals surface area contributed by atoms with Crippen molar-refractivity contribution in [2.45, 2.75) is 45.3 Å². The molecule has 0 bridgehead atoms. The summed E-state index contributed by atoms with van der Waals surface area (Å²) < 4.78 is 20.5. The Bertz CT molecular complexity index is 1050. The number of carbonyl (C=O) groups is 4. The number of anilines is 1. The molecule has 33 heavy (non-hydrogen) atoms. The summed E-state index contributed by atoms with van der Waals surface area (Å²) in [7, 11) is 0. The van der Waals surface area contributed by atoms with Gasteiger partial charge in [-0.15, -0.1) is 0 Å². The molecule has 0 saturated heterocycles. The summed E-state index contributed by atoms with van der Waals surface area (Å²) >= 11 is 3.16. The van der Waals surface area contributed by atoms with E-state index in [2.05, 4.69) is 26.6 Å². The average molecular weight is 523 g/mol. The quantitative estimate of drug-likeness (QED) is 0.438. The molecule has 0 aromatic heterocycles. The number of amides is 2. The van der Waals surface area contributed by atoms with Gasteiger partial charge in [-0.1, -0.05) is 30.3 Å². The summed E-state index contributed by atoms with van der Waals surface area (Å²) in [6.07, 6.45) is -1.60. The van der Waals surface area contributed by atoms with E-state index in [9.17, 15) is 19.2 Å². The molecular weight excluding hydrogens is 499 g/mol. The number of ether oxygens (including phenoxy) is 1. The van der Waals surface area contributed by atoms with E-state index in [1.165, 1.54) is 24.3 Å². The molecule has 0 spiro atoms. The monoisotopic (exact) mass is 522 g/mol. The molecule has 10 heteroatoms. The number of nitrogens with one attached hydrogen (secondary N) is 2. The van der Waals surface area contributed by atoms with E-state index < -0.39 is 47.6 Å². The van der Waals surface area contributed by atoms with Crippen LogP contribution in [0.4, 0.5) is 14.9 Å². The third-order valence-electron chi connectivity index (χ3n) is 4.27. The zero-order valence-corrected chi connectivity index (χ0v) is 19.9. The Hall–Kier alpha value is -3.27. The Morgan fingerprint density at radius 1 is 1.09 bits per heavy atom. The summed E-state index contributed by atoms with van der Waals surface area (Å²) in [6.45, 7) is 4.88. The van der Waals surface area contributed by atoms with Gasteiger partial charge in [0.15, 0.2) is 11.6 Å². The van der Waals surface area contributed by atoms with E-state index in [-0.39, 0.29) is 27.7 Å².